The fraction of sp³-hybridized carbons (Fsp3) is 0.125. The van der Waals surface area contributed by atoms with Crippen molar-refractivity contribution < 1.29 is 18.1 Å². The number of rotatable bonds is 5. The SMILES string of the molecule is COc1ccc(C#CCNS(=O)(=O)c2ccc([N+](=O)[O-])cc2)cc1. The maximum atomic E-state index is 12.0. The Morgan fingerprint density at radius 1 is 1.12 bits per heavy atom. The van der Waals surface area contributed by atoms with Gasteiger partial charge in [-0.05, 0) is 36.4 Å². The van der Waals surface area contributed by atoms with Gasteiger partial charge in [-0.15, -0.1) is 0 Å². The van der Waals surface area contributed by atoms with E-state index in [1.165, 1.54) is 12.1 Å². The molecule has 0 aromatic heterocycles. The third-order valence-corrected chi connectivity index (χ3v) is 4.45. The summed E-state index contributed by atoms with van der Waals surface area (Å²) in [5.41, 5.74) is 0.554. The van der Waals surface area contributed by atoms with Crippen molar-refractivity contribution in [2.45, 2.75) is 4.90 Å². The Hall–Kier alpha value is -2.89. The standard InChI is InChI=1S/C16H14N2O5S/c1-23-15-8-4-13(5-9-15)3-2-12-17-24(21,22)16-10-6-14(7-11-16)18(19)20/h4-11,17H,12H2,1H3. The van der Waals surface area contributed by atoms with Crippen LogP contribution >= 0.6 is 0 Å². The average Bonchev–Trinajstić information content (AvgIpc) is 2.59. The highest BCUT2D eigenvalue weighted by Gasteiger charge is 2.14. The van der Waals surface area contributed by atoms with Crippen LogP contribution < -0.4 is 9.46 Å². The first-order chi connectivity index (χ1) is 11.4. The summed E-state index contributed by atoms with van der Waals surface area (Å²) in [7, 11) is -2.20. The van der Waals surface area contributed by atoms with Gasteiger partial charge in [-0.3, -0.25) is 10.1 Å². The first-order valence-electron chi connectivity index (χ1n) is 6.79. The Morgan fingerprint density at radius 2 is 1.75 bits per heavy atom. The van der Waals surface area contributed by atoms with Crippen molar-refractivity contribution in [3.05, 3.63) is 64.2 Å². The molecule has 0 amide bonds. The van der Waals surface area contributed by atoms with Crippen molar-refractivity contribution in [3.8, 4) is 17.6 Å². The molecule has 2 aromatic carbocycles. The number of hydrogen-bond donors (Lipinski definition) is 1. The van der Waals surface area contributed by atoms with Crippen LogP contribution in [0.15, 0.2) is 53.4 Å². The molecule has 24 heavy (non-hydrogen) atoms. The Kier molecular flexibility index (Phi) is 5.52. The van der Waals surface area contributed by atoms with Crippen LogP contribution in [0.25, 0.3) is 0 Å². The van der Waals surface area contributed by atoms with Crippen LogP contribution in [0.5, 0.6) is 5.75 Å². The second-order valence-corrected chi connectivity index (χ2v) is 6.37. The highest BCUT2D eigenvalue weighted by atomic mass is 32.2. The summed E-state index contributed by atoms with van der Waals surface area (Å²) in [6.45, 7) is -0.0780. The van der Waals surface area contributed by atoms with E-state index in [4.69, 9.17) is 4.74 Å². The summed E-state index contributed by atoms with van der Waals surface area (Å²) in [6.07, 6.45) is 0. The van der Waals surface area contributed by atoms with E-state index in [0.717, 1.165) is 17.7 Å². The molecule has 0 fully saturated rings. The van der Waals surface area contributed by atoms with E-state index in [1.807, 2.05) is 0 Å². The number of benzene rings is 2. The molecule has 0 saturated carbocycles. The summed E-state index contributed by atoms with van der Waals surface area (Å²) in [5, 5.41) is 10.6. The van der Waals surface area contributed by atoms with Crippen molar-refractivity contribution in [2.75, 3.05) is 13.7 Å². The molecule has 0 aliphatic heterocycles. The lowest BCUT2D eigenvalue weighted by molar-refractivity contribution is -0.384. The summed E-state index contributed by atoms with van der Waals surface area (Å²) < 4.78 is 31.4. The van der Waals surface area contributed by atoms with Gasteiger partial charge in [-0.2, -0.15) is 4.72 Å². The largest absolute Gasteiger partial charge is 0.497 e. The number of nitrogens with zero attached hydrogens (tertiary/aromatic N) is 1. The van der Waals surface area contributed by atoms with E-state index in [0.29, 0.717) is 5.75 Å². The van der Waals surface area contributed by atoms with Crippen LogP contribution in [-0.2, 0) is 10.0 Å². The topological polar surface area (TPSA) is 98.5 Å². The van der Waals surface area contributed by atoms with Gasteiger partial charge in [0.2, 0.25) is 10.0 Å². The number of sulfonamides is 1. The zero-order chi connectivity index (χ0) is 17.6. The lowest BCUT2D eigenvalue weighted by atomic mass is 10.2. The van der Waals surface area contributed by atoms with Crippen molar-refractivity contribution in [1.82, 2.24) is 4.72 Å². The minimum atomic E-state index is -3.76. The molecule has 0 saturated heterocycles. The van der Waals surface area contributed by atoms with Gasteiger partial charge in [0, 0.05) is 17.7 Å². The van der Waals surface area contributed by atoms with E-state index in [9.17, 15) is 18.5 Å². The van der Waals surface area contributed by atoms with Crippen LogP contribution in [0.2, 0.25) is 0 Å². The van der Waals surface area contributed by atoms with Crippen LogP contribution in [-0.4, -0.2) is 27.0 Å². The second-order valence-electron chi connectivity index (χ2n) is 4.61. The highest BCUT2D eigenvalue weighted by Crippen LogP contribution is 2.15. The molecule has 0 unspecified atom stereocenters. The van der Waals surface area contributed by atoms with Crippen molar-refractivity contribution in [2.24, 2.45) is 0 Å². The fourth-order valence-electron chi connectivity index (χ4n) is 1.78. The quantitative estimate of drug-likeness (QED) is 0.507. The van der Waals surface area contributed by atoms with Crippen molar-refractivity contribution in [1.29, 1.82) is 0 Å². The molecule has 2 rings (SSSR count). The Bertz CT molecular complexity index is 879. The van der Waals surface area contributed by atoms with Gasteiger partial charge in [0.15, 0.2) is 0 Å². The van der Waals surface area contributed by atoms with E-state index >= 15 is 0 Å². The lowest BCUT2D eigenvalue weighted by Gasteiger charge is -2.03. The number of nitro benzene ring substituents is 1. The van der Waals surface area contributed by atoms with E-state index < -0.39 is 14.9 Å². The number of methoxy groups -OCH3 is 1. The average molecular weight is 346 g/mol. The minimum absolute atomic E-state index is 0.0562. The molecule has 7 nitrogen and oxygen atoms in total. The van der Waals surface area contributed by atoms with Gasteiger partial charge in [-0.25, -0.2) is 8.42 Å². The summed E-state index contributed by atoms with van der Waals surface area (Å²) in [6, 6.07) is 11.7. The molecule has 1 N–H and O–H groups in total. The minimum Gasteiger partial charge on any atom is -0.497 e. The molecular weight excluding hydrogens is 332 g/mol. The van der Waals surface area contributed by atoms with Crippen LogP contribution in [0, 0.1) is 22.0 Å². The monoisotopic (exact) mass is 346 g/mol. The highest BCUT2D eigenvalue weighted by molar-refractivity contribution is 7.89. The maximum absolute atomic E-state index is 12.0. The van der Waals surface area contributed by atoms with Gasteiger partial charge in [0.1, 0.15) is 5.75 Å². The zero-order valence-electron chi connectivity index (χ0n) is 12.7. The Balaban J connectivity index is 2.00. The molecule has 8 heteroatoms. The molecule has 0 spiro atoms. The van der Waals surface area contributed by atoms with Gasteiger partial charge >= 0.3 is 0 Å². The van der Waals surface area contributed by atoms with E-state index in [1.54, 1.807) is 31.4 Å². The Morgan fingerprint density at radius 3 is 2.29 bits per heavy atom. The summed E-state index contributed by atoms with van der Waals surface area (Å²) >= 11 is 0. The number of ether oxygens (including phenoxy) is 1. The summed E-state index contributed by atoms with van der Waals surface area (Å²) in [4.78, 5) is 9.91. The molecule has 2 aromatic rings. The lowest BCUT2D eigenvalue weighted by Crippen LogP contribution is -2.23. The maximum Gasteiger partial charge on any atom is 0.269 e. The summed E-state index contributed by atoms with van der Waals surface area (Å²) in [5.74, 6) is 6.24. The molecule has 0 radical (unpaired) electrons. The Labute approximate surface area is 139 Å². The van der Waals surface area contributed by atoms with Gasteiger partial charge < -0.3 is 4.74 Å². The van der Waals surface area contributed by atoms with Crippen molar-refractivity contribution >= 4 is 15.7 Å². The zero-order valence-corrected chi connectivity index (χ0v) is 13.5. The van der Waals surface area contributed by atoms with Crippen LogP contribution in [0.1, 0.15) is 5.56 Å². The molecule has 0 bridgehead atoms. The third-order valence-electron chi connectivity index (χ3n) is 3.03. The first kappa shape index (κ1) is 17.5. The predicted molar refractivity (Wildman–Crippen MR) is 88.2 cm³/mol. The molecule has 0 atom stereocenters. The van der Waals surface area contributed by atoms with Crippen LogP contribution in [0.4, 0.5) is 5.69 Å². The fourth-order valence-corrected chi connectivity index (χ4v) is 2.71. The van der Waals surface area contributed by atoms with Gasteiger partial charge in [0.25, 0.3) is 5.69 Å². The van der Waals surface area contributed by atoms with Crippen molar-refractivity contribution in [3.63, 3.8) is 0 Å². The molecule has 0 aliphatic carbocycles. The van der Waals surface area contributed by atoms with E-state index in [-0.39, 0.29) is 17.1 Å². The number of nitro groups is 1. The first-order valence-corrected chi connectivity index (χ1v) is 8.28. The molecule has 0 aliphatic rings. The third kappa shape index (κ3) is 4.55. The molecule has 0 heterocycles. The van der Waals surface area contributed by atoms with E-state index in [2.05, 4.69) is 16.6 Å². The van der Waals surface area contributed by atoms with Gasteiger partial charge in [0.05, 0.1) is 23.5 Å². The predicted octanol–water partition coefficient (Wildman–Crippen LogP) is 1.93. The van der Waals surface area contributed by atoms with Crippen LogP contribution in [0.3, 0.4) is 0 Å². The molecule has 124 valence electrons. The number of non-ortho nitro benzene ring substituents is 1. The second kappa shape index (κ2) is 7.59. The normalized spacial score (nSPS) is 10.5. The smallest absolute Gasteiger partial charge is 0.269 e. The number of nitrogens with one attached hydrogen (secondary N) is 1. The molecular formula is C16H14N2O5S. The van der Waals surface area contributed by atoms with Gasteiger partial charge in [-0.1, -0.05) is 11.8 Å². The number of hydrogen-bond acceptors (Lipinski definition) is 5.